The highest BCUT2D eigenvalue weighted by molar-refractivity contribution is 6.27. The predicted octanol–water partition coefficient (Wildman–Crippen LogP) is 6.48. The first-order valence-electron chi connectivity index (χ1n) is 14.8. The van der Waals surface area contributed by atoms with Gasteiger partial charge in [-0.2, -0.15) is 0 Å². The van der Waals surface area contributed by atoms with Gasteiger partial charge in [0.1, 0.15) is 0 Å². The van der Waals surface area contributed by atoms with Crippen molar-refractivity contribution in [1.82, 2.24) is 15.0 Å². The molecule has 2 heterocycles. The fourth-order valence-corrected chi connectivity index (χ4v) is 5.11. The highest BCUT2D eigenvalue weighted by Crippen LogP contribution is 2.29. The van der Waals surface area contributed by atoms with Crippen LogP contribution in [0.3, 0.4) is 0 Å². The standard InChI is InChI=1S/C18H15NO3.C17H14N2O3.C2H6/c1-11-15(9-12-7-8-16(22-2)19-10-12)18(21)14-6-4-3-5-13(14)17(11)20;1-10-14(7-11-8-18-17(22-2)19-9-11)16(21)13-6-4-3-5-12(13)15(10)20;1-2/h3-8,10H,9H2,1-2H3;3-6,8-9H,7H2,1-2H3;1-2H3. The van der Waals surface area contributed by atoms with E-state index in [1.807, 2.05) is 19.9 Å². The van der Waals surface area contributed by atoms with E-state index in [1.54, 1.807) is 94.1 Å². The molecule has 0 atom stereocenters. The maximum Gasteiger partial charge on any atom is 0.316 e. The van der Waals surface area contributed by atoms with Crippen LogP contribution in [0.2, 0.25) is 0 Å². The average Bonchev–Trinajstić information content (AvgIpc) is 3.11. The number of Topliss-reactive ketones (excluding diaryl/α,β-unsaturated/α-hetero) is 4. The highest BCUT2D eigenvalue weighted by Gasteiger charge is 2.30. The lowest BCUT2D eigenvalue weighted by molar-refractivity contribution is 0.0973. The van der Waals surface area contributed by atoms with Crippen LogP contribution >= 0.6 is 0 Å². The molecule has 6 rings (SSSR count). The zero-order valence-electron chi connectivity index (χ0n) is 26.7. The second-order valence-electron chi connectivity index (χ2n) is 10.3. The number of carbonyl (C=O) groups excluding carboxylic acids is 4. The van der Waals surface area contributed by atoms with Crippen LogP contribution in [0.1, 0.15) is 80.3 Å². The minimum absolute atomic E-state index is 0.0772. The second-order valence-corrected chi connectivity index (χ2v) is 10.3. The molecule has 0 fully saturated rings. The molecule has 0 spiro atoms. The van der Waals surface area contributed by atoms with Crippen molar-refractivity contribution in [3.05, 3.63) is 135 Å². The van der Waals surface area contributed by atoms with E-state index in [2.05, 4.69) is 15.0 Å². The molecule has 2 aliphatic carbocycles. The molecule has 46 heavy (non-hydrogen) atoms. The van der Waals surface area contributed by atoms with Gasteiger partial charge in [0.25, 0.3) is 0 Å². The molecule has 0 amide bonds. The summed E-state index contributed by atoms with van der Waals surface area (Å²) in [6.07, 6.45) is 5.59. The summed E-state index contributed by atoms with van der Waals surface area (Å²) in [5.41, 5.74) is 5.57. The number of ether oxygens (including phenoxy) is 2. The lowest BCUT2D eigenvalue weighted by atomic mass is 9.82. The number of allylic oxidation sites excluding steroid dienone is 4. The maximum absolute atomic E-state index is 12.6. The Bertz CT molecular complexity index is 1720. The van der Waals surface area contributed by atoms with Crippen LogP contribution < -0.4 is 9.47 Å². The van der Waals surface area contributed by atoms with Gasteiger partial charge in [0, 0.05) is 82.0 Å². The van der Waals surface area contributed by atoms with Gasteiger partial charge in [-0.1, -0.05) is 68.4 Å². The van der Waals surface area contributed by atoms with Crippen molar-refractivity contribution in [2.24, 2.45) is 0 Å². The van der Waals surface area contributed by atoms with Gasteiger partial charge in [0.2, 0.25) is 5.88 Å². The molecule has 0 aliphatic heterocycles. The van der Waals surface area contributed by atoms with Crippen LogP contribution in [0.15, 0.2) is 102 Å². The van der Waals surface area contributed by atoms with Crippen molar-refractivity contribution in [3.63, 3.8) is 0 Å². The minimum Gasteiger partial charge on any atom is -0.481 e. The summed E-state index contributed by atoms with van der Waals surface area (Å²) >= 11 is 0. The molecular formula is C37H35N3O6. The van der Waals surface area contributed by atoms with E-state index in [0.29, 0.717) is 63.3 Å². The van der Waals surface area contributed by atoms with Gasteiger partial charge in [0.05, 0.1) is 14.2 Å². The molecular weight excluding hydrogens is 582 g/mol. The van der Waals surface area contributed by atoms with Gasteiger partial charge in [-0.05, 0) is 25.0 Å². The number of aromatic nitrogens is 3. The molecule has 0 radical (unpaired) electrons. The fourth-order valence-electron chi connectivity index (χ4n) is 5.11. The normalized spacial score (nSPS) is 13.6. The van der Waals surface area contributed by atoms with Gasteiger partial charge in [-0.25, -0.2) is 15.0 Å². The van der Waals surface area contributed by atoms with Crippen LogP contribution in [-0.2, 0) is 12.8 Å². The molecule has 0 saturated heterocycles. The zero-order valence-corrected chi connectivity index (χ0v) is 26.7. The monoisotopic (exact) mass is 617 g/mol. The van der Waals surface area contributed by atoms with Gasteiger partial charge >= 0.3 is 6.01 Å². The van der Waals surface area contributed by atoms with E-state index in [-0.39, 0.29) is 29.1 Å². The van der Waals surface area contributed by atoms with Crippen molar-refractivity contribution in [2.75, 3.05) is 14.2 Å². The van der Waals surface area contributed by atoms with E-state index in [0.717, 1.165) is 11.1 Å². The topological polar surface area (TPSA) is 125 Å². The Hall–Kier alpha value is -5.57. The van der Waals surface area contributed by atoms with Crippen LogP contribution in [0.4, 0.5) is 0 Å². The Labute approximate surface area is 268 Å². The molecule has 2 aromatic carbocycles. The average molecular weight is 618 g/mol. The van der Waals surface area contributed by atoms with E-state index < -0.39 is 0 Å². The van der Waals surface area contributed by atoms with Crippen molar-refractivity contribution < 1.29 is 28.7 Å². The van der Waals surface area contributed by atoms with E-state index in [4.69, 9.17) is 9.47 Å². The summed E-state index contributed by atoms with van der Waals surface area (Å²) in [5.74, 6) is 0.157. The van der Waals surface area contributed by atoms with Crippen molar-refractivity contribution >= 4 is 23.1 Å². The summed E-state index contributed by atoms with van der Waals surface area (Å²) in [4.78, 5) is 62.3. The molecule has 0 saturated carbocycles. The number of ketones is 4. The third-order valence-electron chi connectivity index (χ3n) is 7.60. The first-order valence-corrected chi connectivity index (χ1v) is 14.8. The zero-order chi connectivity index (χ0) is 33.4. The van der Waals surface area contributed by atoms with Gasteiger partial charge in [0.15, 0.2) is 23.1 Å². The van der Waals surface area contributed by atoms with Crippen LogP contribution in [0.5, 0.6) is 11.9 Å². The van der Waals surface area contributed by atoms with E-state index >= 15 is 0 Å². The summed E-state index contributed by atoms with van der Waals surface area (Å²) in [7, 11) is 3.04. The number of carbonyl (C=O) groups is 4. The van der Waals surface area contributed by atoms with Gasteiger partial charge < -0.3 is 9.47 Å². The van der Waals surface area contributed by atoms with Crippen molar-refractivity contribution in [1.29, 1.82) is 0 Å². The molecule has 0 bridgehead atoms. The second kappa shape index (κ2) is 14.9. The number of nitrogens with zero attached hydrogens (tertiary/aromatic N) is 3. The Balaban J connectivity index is 0.000000198. The Kier molecular flexibility index (Phi) is 10.8. The lowest BCUT2D eigenvalue weighted by Crippen LogP contribution is -2.22. The minimum atomic E-state index is -0.108. The Morgan fingerprint density at radius 2 is 0.935 bits per heavy atom. The molecule has 2 aromatic heterocycles. The third-order valence-corrected chi connectivity index (χ3v) is 7.60. The number of hydrogen-bond acceptors (Lipinski definition) is 9. The fraction of sp³-hybridized carbons (Fsp3) is 0.216. The van der Waals surface area contributed by atoms with Gasteiger partial charge in [-0.3, -0.25) is 19.2 Å². The molecule has 9 heteroatoms. The summed E-state index contributed by atoms with van der Waals surface area (Å²) in [6, 6.07) is 17.7. The number of rotatable bonds is 6. The molecule has 9 nitrogen and oxygen atoms in total. The summed E-state index contributed by atoms with van der Waals surface area (Å²) < 4.78 is 9.93. The predicted molar refractivity (Wildman–Crippen MR) is 174 cm³/mol. The van der Waals surface area contributed by atoms with Crippen LogP contribution in [-0.4, -0.2) is 52.3 Å². The highest BCUT2D eigenvalue weighted by atomic mass is 16.5. The molecule has 2 aliphatic rings. The molecule has 0 unspecified atom stereocenters. The van der Waals surface area contributed by atoms with Crippen molar-refractivity contribution in [3.8, 4) is 11.9 Å². The summed E-state index contributed by atoms with van der Waals surface area (Å²) in [5, 5.41) is 0. The smallest absolute Gasteiger partial charge is 0.316 e. The first kappa shape index (κ1) is 33.3. The molecule has 0 N–H and O–H groups in total. The number of pyridine rings is 1. The number of fused-ring (bicyclic) bond motifs is 2. The van der Waals surface area contributed by atoms with Crippen LogP contribution in [0.25, 0.3) is 0 Å². The SMILES string of the molecule is CC.COc1ccc(CC2=C(C)C(=O)c3ccccc3C2=O)cn1.COc1ncc(CC2=C(C)C(=O)c3ccccc3C2=O)cn1. The Morgan fingerprint density at radius 3 is 1.33 bits per heavy atom. The van der Waals surface area contributed by atoms with Crippen LogP contribution in [0, 0.1) is 0 Å². The Morgan fingerprint density at radius 1 is 0.522 bits per heavy atom. The number of methoxy groups -OCH3 is 2. The quantitative estimate of drug-likeness (QED) is 0.239. The van der Waals surface area contributed by atoms with Crippen molar-refractivity contribution in [2.45, 2.75) is 40.5 Å². The maximum atomic E-state index is 12.6. The third kappa shape index (κ3) is 6.89. The summed E-state index contributed by atoms with van der Waals surface area (Å²) in [6.45, 7) is 7.40. The number of benzene rings is 2. The van der Waals surface area contributed by atoms with Gasteiger partial charge in [-0.15, -0.1) is 0 Å². The molecule has 4 aromatic rings. The molecule has 234 valence electrons. The van der Waals surface area contributed by atoms with E-state index in [9.17, 15) is 19.2 Å². The lowest BCUT2D eigenvalue weighted by Gasteiger charge is -2.19. The largest absolute Gasteiger partial charge is 0.481 e. The van der Waals surface area contributed by atoms with E-state index in [1.165, 1.54) is 7.11 Å². The first-order chi connectivity index (χ1) is 22.2. The number of hydrogen-bond donors (Lipinski definition) is 0.